The van der Waals surface area contributed by atoms with E-state index in [1.807, 2.05) is 13.0 Å². The van der Waals surface area contributed by atoms with Gasteiger partial charge < -0.3 is 19.9 Å². The number of nitriles is 1. The summed E-state index contributed by atoms with van der Waals surface area (Å²) in [6.07, 6.45) is 1.04. The summed E-state index contributed by atoms with van der Waals surface area (Å²) in [6, 6.07) is 5.76. The molecule has 0 fully saturated rings. The minimum atomic E-state index is -0.517. The van der Waals surface area contributed by atoms with Gasteiger partial charge in [0.1, 0.15) is 11.8 Å². The van der Waals surface area contributed by atoms with E-state index < -0.39 is 6.10 Å². The van der Waals surface area contributed by atoms with E-state index in [0.29, 0.717) is 23.7 Å². The lowest BCUT2D eigenvalue weighted by atomic mass is 10.0. The number of nitrogens with two attached hydrogens (primary N) is 1. The summed E-state index contributed by atoms with van der Waals surface area (Å²) >= 11 is 0. The molecule has 0 aromatic heterocycles. The Morgan fingerprint density at radius 2 is 2.11 bits per heavy atom. The van der Waals surface area contributed by atoms with Crippen LogP contribution in [0.15, 0.2) is 12.1 Å². The lowest BCUT2D eigenvalue weighted by Crippen LogP contribution is -2.22. The van der Waals surface area contributed by atoms with Crippen molar-refractivity contribution < 1.29 is 14.2 Å². The zero-order chi connectivity index (χ0) is 13.8. The first kappa shape index (κ1) is 13.5. The van der Waals surface area contributed by atoms with Gasteiger partial charge in [0.25, 0.3) is 0 Å². The van der Waals surface area contributed by atoms with Crippen molar-refractivity contribution in [3.63, 3.8) is 0 Å². The molecule has 0 bridgehead atoms. The minimum Gasteiger partial charge on any atom is -0.475 e. The topological polar surface area (TPSA) is 77.5 Å². The highest BCUT2D eigenvalue weighted by Crippen LogP contribution is 2.39. The summed E-state index contributed by atoms with van der Waals surface area (Å²) in [5, 5.41) is 8.85. The molecule has 0 aliphatic carbocycles. The molecule has 2 N–H and O–H groups in total. The van der Waals surface area contributed by atoms with Crippen LogP contribution in [0.5, 0.6) is 17.2 Å². The Morgan fingerprint density at radius 1 is 1.42 bits per heavy atom. The van der Waals surface area contributed by atoms with E-state index in [1.54, 1.807) is 13.0 Å². The Labute approximate surface area is 112 Å². The number of nitrogens with zero attached hydrogens (tertiary/aromatic N) is 1. The fourth-order valence-electron chi connectivity index (χ4n) is 1.88. The molecule has 1 aromatic rings. The molecule has 1 heterocycles. The van der Waals surface area contributed by atoms with Gasteiger partial charge in [0.15, 0.2) is 17.6 Å². The van der Waals surface area contributed by atoms with Crippen LogP contribution in [0.1, 0.15) is 25.8 Å². The molecular formula is C14H18N2O3. The van der Waals surface area contributed by atoms with E-state index in [0.717, 1.165) is 12.0 Å². The van der Waals surface area contributed by atoms with Crippen LogP contribution in [-0.2, 0) is 6.42 Å². The van der Waals surface area contributed by atoms with Crippen LogP contribution in [0, 0.1) is 11.3 Å². The molecule has 0 radical (unpaired) electrons. The fourth-order valence-corrected chi connectivity index (χ4v) is 1.88. The first-order valence-electron chi connectivity index (χ1n) is 6.38. The number of ether oxygens (including phenoxy) is 3. The van der Waals surface area contributed by atoms with Gasteiger partial charge in [-0.3, -0.25) is 0 Å². The van der Waals surface area contributed by atoms with Gasteiger partial charge in [-0.2, -0.15) is 5.26 Å². The average molecular weight is 262 g/mol. The van der Waals surface area contributed by atoms with Crippen LogP contribution < -0.4 is 19.9 Å². The van der Waals surface area contributed by atoms with Crippen molar-refractivity contribution in [3.05, 3.63) is 17.7 Å². The van der Waals surface area contributed by atoms with Crippen LogP contribution >= 0.6 is 0 Å². The van der Waals surface area contributed by atoms with Gasteiger partial charge in [-0.25, -0.2) is 0 Å². The van der Waals surface area contributed by atoms with Gasteiger partial charge in [-0.1, -0.05) is 6.92 Å². The summed E-state index contributed by atoms with van der Waals surface area (Å²) < 4.78 is 16.3. The Hall–Kier alpha value is -1.93. The Morgan fingerprint density at radius 3 is 2.74 bits per heavy atom. The zero-order valence-electron chi connectivity index (χ0n) is 11.2. The molecule has 0 amide bonds. The summed E-state index contributed by atoms with van der Waals surface area (Å²) in [6.45, 7) is 3.95. The minimum absolute atomic E-state index is 0.0557. The van der Waals surface area contributed by atoms with Gasteiger partial charge in [0.2, 0.25) is 6.79 Å². The van der Waals surface area contributed by atoms with Crippen molar-refractivity contribution in [1.29, 1.82) is 5.26 Å². The van der Waals surface area contributed by atoms with Gasteiger partial charge in [-0.15, -0.1) is 0 Å². The second-order valence-corrected chi connectivity index (χ2v) is 4.57. The first-order chi connectivity index (χ1) is 9.13. The Kier molecular flexibility index (Phi) is 4.13. The van der Waals surface area contributed by atoms with Crippen molar-refractivity contribution >= 4 is 0 Å². The molecule has 0 spiro atoms. The second kappa shape index (κ2) is 5.81. The number of hydrogen-bond donors (Lipinski definition) is 1. The smallest absolute Gasteiger partial charge is 0.231 e. The highest BCUT2D eigenvalue weighted by atomic mass is 16.7. The largest absolute Gasteiger partial charge is 0.475 e. The highest BCUT2D eigenvalue weighted by Gasteiger charge is 2.20. The Balaban J connectivity index is 2.30. The number of rotatable bonds is 5. The maximum Gasteiger partial charge on any atom is 0.231 e. The fraction of sp³-hybridized carbons (Fsp3) is 0.500. The number of hydrogen-bond acceptors (Lipinski definition) is 5. The van der Waals surface area contributed by atoms with Crippen molar-refractivity contribution in [2.45, 2.75) is 38.8 Å². The van der Waals surface area contributed by atoms with E-state index in [1.165, 1.54) is 0 Å². The number of fused-ring (bicyclic) bond motifs is 1. The van der Waals surface area contributed by atoms with E-state index in [9.17, 15) is 0 Å². The first-order valence-corrected chi connectivity index (χ1v) is 6.38. The predicted octanol–water partition coefficient (Wildman–Crippen LogP) is 1.99. The third-order valence-corrected chi connectivity index (χ3v) is 3.05. The van der Waals surface area contributed by atoms with E-state index >= 15 is 0 Å². The summed E-state index contributed by atoms with van der Waals surface area (Å²) in [7, 11) is 0. The molecule has 0 saturated heterocycles. The number of benzene rings is 1. The Bertz CT molecular complexity index is 496. The van der Waals surface area contributed by atoms with E-state index in [-0.39, 0.29) is 12.8 Å². The lowest BCUT2D eigenvalue weighted by molar-refractivity contribution is 0.173. The molecule has 2 unspecified atom stereocenters. The van der Waals surface area contributed by atoms with Crippen molar-refractivity contribution in [2.24, 2.45) is 5.73 Å². The second-order valence-electron chi connectivity index (χ2n) is 4.57. The SMILES string of the molecule is CCC(N)Cc1cc2c(cc1OC(C)C#N)OCO2. The highest BCUT2D eigenvalue weighted by molar-refractivity contribution is 5.52. The monoisotopic (exact) mass is 262 g/mol. The van der Waals surface area contributed by atoms with Crippen molar-refractivity contribution in [3.8, 4) is 23.3 Å². The standard InChI is InChI=1S/C14H18N2O3/c1-3-11(16)4-10-5-13-14(18-8-17-13)6-12(10)19-9(2)7-15/h5-6,9,11H,3-4,8,16H2,1-2H3. The van der Waals surface area contributed by atoms with Crippen LogP contribution in [0.4, 0.5) is 0 Å². The van der Waals surface area contributed by atoms with E-state index in [2.05, 4.69) is 6.07 Å². The normalized spacial score (nSPS) is 15.7. The van der Waals surface area contributed by atoms with Gasteiger partial charge in [-0.05, 0) is 31.4 Å². The van der Waals surface area contributed by atoms with Crippen LogP contribution in [-0.4, -0.2) is 18.9 Å². The van der Waals surface area contributed by atoms with Crippen LogP contribution in [0.3, 0.4) is 0 Å². The molecule has 0 saturated carbocycles. The van der Waals surface area contributed by atoms with Gasteiger partial charge >= 0.3 is 0 Å². The van der Waals surface area contributed by atoms with E-state index in [4.69, 9.17) is 25.2 Å². The van der Waals surface area contributed by atoms with Gasteiger partial charge in [0.05, 0.1) is 0 Å². The predicted molar refractivity (Wildman–Crippen MR) is 70.2 cm³/mol. The molecule has 5 heteroatoms. The quantitative estimate of drug-likeness (QED) is 0.878. The molecule has 2 atom stereocenters. The van der Waals surface area contributed by atoms with Crippen LogP contribution in [0.25, 0.3) is 0 Å². The molecule has 1 aliphatic heterocycles. The van der Waals surface area contributed by atoms with Gasteiger partial charge in [0, 0.05) is 12.1 Å². The molecule has 1 aliphatic rings. The molecule has 5 nitrogen and oxygen atoms in total. The lowest BCUT2D eigenvalue weighted by Gasteiger charge is -2.16. The van der Waals surface area contributed by atoms with Crippen LogP contribution in [0.2, 0.25) is 0 Å². The maximum absolute atomic E-state index is 8.85. The molecule has 102 valence electrons. The van der Waals surface area contributed by atoms with Crippen molar-refractivity contribution in [2.75, 3.05) is 6.79 Å². The zero-order valence-corrected chi connectivity index (χ0v) is 11.2. The van der Waals surface area contributed by atoms with Crippen molar-refractivity contribution in [1.82, 2.24) is 0 Å². The maximum atomic E-state index is 8.85. The molecular weight excluding hydrogens is 244 g/mol. The molecule has 1 aromatic carbocycles. The summed E-state index contributed by atoms with van der Waals surface area (Å²) in [4.78, 5) is 0. The third kappa shape index (κ3) is 3.09. The molecule has 2 rings (SSSR count). The summed E-state index contributed by atoms with van der Waals surface area (Å²) in [5.41, 5.74) is 6.93. The third-order valence-electron chi connectivity index (χ3n) is 3.05. The summed E-state index contributed by atoms with van der Waals surface area (Å²) in [5.74, 6) is 1.99. The molecule has 19 heavy (non-hydrogen) atoms. The average Bonchev–Trinajstić information content (AvgIpc) is 2.85.